The van der Waals surface area contributed by atoms with Gasteiger partial charge in [0.1, 0.15) is 0 Å². The van der Waals surface area contributed by atoms with E-state index < -0.39 is 23.5 Å². The van der Waals surface area contributed by atoms with E-state index in [4.69, 9.17) is 5.73 Å². The predicted molar refractivity (Wildman–Crippen MR) is 55.5 cm³/mol. The molecule has 0 aromatic rings. The first-order chi connectivity index (χ1) is 7.50. The summed E-state index contributed by atoms with van der Waals surface area (Å²) in [5.41, 5.74) is 5.57. The topological polar surface area (TPSA) is 126 Å². The van der Waals surface area contributed by atoms with Gasteiger partial charge in [0.15, 0.2) is 5.54 Å². The first-order valence-corrected chi connectivity index (χ1v) is 4.73. The molecule has 0 aromatic heterocycles. The number of nitrogens with zero attached hydrogens (tertiary/aromatic N) is 1. The van der Waals surface area contributed by atoms with Crippen molar-refractivity contribution in [3.8, 4) is 0 Å². The third-order valence-electron chi connectivity index (χ3n) is 2.07. The summed E-state index contributed by atoms with van der Waals surface area (Å²) in [6, 6.07) is -1.42. The number of urea groups is 2. The van der Waals surface area contributed by atoms with Crippen LogP contribution in [0.3, 0.4) is 0 Å². The Hall–Kier alpha value is -2.12. The number of hydrogen-bond donors (Lipinski definition) is 4. The second-order valence-electron chi connectivity index (χ2n) is 3.36. The van der Waals surface area contributed by atoms with Crippen LogP contribution in [0.1, 0.15) is 19.8 Å². The lowest BCUT2D eigenvalue weighted by atomic mass is 9.96. The lowest BCUT2D eigenvalue weighted by Crippen LogP contribution is -2.49. The van der Waals surface area contributed by atoms with Gasteiger partial charge in [-0.25, -0.2) is 15.0 Å². The van der Waals surface area contributed by atoms with Crippen molar-refractivity contribution in [1.29, 1.82) is 0 Å². The molecule has 0 spiro atoms. The summed E-state index contributed by atoms with van der Waals surface area (Å²) in [6.07, 6.45) is 2.21. The van der Waals surface area contributed by atoms with Gasteiger partial charge in [-0.15, -0.1) is 0 Å². The molecular formula is C8H13N5O3. The Balaban J connectivity index is 2.81. The zero-order valence-electron chi connectivity index (χ0n) is 8.74. The average molecular weight is 227 g/mol. The monoisotopic (exact) mass is 227 g/mol. The molecule has 0 bridgehead atoms. The largest absolute Gasteiger partial charge is 0.350 e. The van der Waals surface area contributed by atoms with Gasteiger partial charge in [0.25, 0.3) is 5.91 Å². The molecular weight excluding hydrogens is 214 g/mol. The minimum absolute atomic E-state index is 0.383. The average Bonchev–Trinajstić information content (AvgIpc) is 2.42. The zero-order chi connectivity index (χ0) is 12.2. The molecule has 0 aromatic carbocycles. The maximum atomic E-state index is 11.5. The van der Waals surface area contributed by atoms with Crippen LogP contribution in [-0.2, 0) is 4.79 Å². The fourth-order valence-corrected chi connectivity index (χ4v) is 1.44. The third kappa shape index (κ3) is 2.47. The van der Waals surface area contributed by atoms with Gasteiger partial charge in [-0.1, -0.05) is 13.3 Å². The van der Waals surface area contributed by atoms with Crippen molar-refractivity contribution in [3.05, 3.63) is 0 Å². The van der Waals surface area contributed by atoms with Crippen molar-refractivity contribution >= 4 is 24.2 Å². The van der Waals surface area contributed by atoms with Gasteiger partial charge in [-0.2, -0.15) is 5.10 Å². The Bertz CT molecular complexity index is 354. The van der Waals surface area contributed by atoms with Crippen molar-refractivity contribution in [2.75, 3.05) is 0 Å². The highest BCUT2D eigenvalue weighted by atomic mass is 16.2. The number of hydrogen-bond acceptors (Lipinski definition) is 4. The summed E-state index contributed by atoms with van der Waals surface area (Å²) in [5.74, 6) is -0.491. The van der Waals surface area contributed by atoms with Crippen molar-refractivity contribution in [1.82, 2.24) is 16.1 Å². The molecule has 1 saturated heterocycles. The molecule has 8 nitrogen and oxygen atoms in total. The smallest absolute Gasteiger partial charge is 0.332 e. The van der Waals surface area contributed by atoms with Crippen LogP contribution in [0.2, 0.25) is 0 Å². The first kappa shape index (κ1) is 12.0. The molecule has 1 fully saturated rings. The van der Waals surface area contributed by atoms with Gasteiger partial charge in [-0.3, -0.25) is 10.1 Å². The normalized spacial score (nSPS) is 24.3. The number of nitrogens with two attached hydrogens (primary N) is 1. The van der Waals surface area contributed by atoms with Gasteiger partial charge >= 0.3 is 12.1 Å². The molecule has 5 N–H and O–H groups in total. The van der Waals surface area contributed by atoms with Crippen molar-refractivity contribution in [2.45, 2.75) is 25.3 Å². The van der Waals surface area contributed by atoms with Gasteiger partial charge in [0.05, 0.1) is 6.21 Å². The zero-order valence-corrected chi connectivity index (χ0v) is 8.74. The Morgan fingerprint density at radius 2 is 2.31 bits per heavy atom. The van der Waals surface area contributed by atoms with Crippen molar-refractivity contribution < 1.29 is 14.4 Å². The van der Waals surface area contributed by atoms with Crippen molar-refractivity contribution in [3.63, 3.8) is 0 Å². The quantitative estimate of drug-likeness (QED) is 0.280. The number of amides is 5. The lowest BCUT2D eigenvalue weighted by molar-refractivity contribution is -0.121. The Morgan fingerprint density at radius 1 is 1.62 bits per heavy atom. The highest BCUT2D eigenvalue weighted by Crippen LogP contribution is 2.15. The van der Waals surface area contributed by atoms with E-state index in [2.05, 4.69) is 15.7 Å². The molecule has 0 radical (unpaired) electrons. The number of carbonyl (C=O) groups is 3. The summed E-state index contributed by atoms with van der Waals surface area (Å²) < 4.78 is 0. The SMILES string of the molecule is CCC[C@@]1(/C=N\NC(N)=O)NC(=O)NC1=O. The highest BCUT2D eigenvalue weighted by molar-refractivity contribution is 6.16. The molecule has 0 saturated carbocycles. The molecule has 1 atom stereocenters. The lowest BCUT2D eigenvalue weighted by Gasteiger charge is -2.19. The molecule has 0 aliphatic carbocycles. The predicted octanol–water partition coefficient (Wildman–Crippen LogP) is -0.981. The van der Waals surface area contributed by atoms with Crippen LogP contribution in [-0.4, -0.2) is 29.7 Å². The van der Waals surface area contributed by atoms with Crippen LogP contribution in [0, 0.1) is 0 Å². The molecule has 0 unspecified atom stereocenters. The maximum absolute atomic E-state index is 11.5. The van der Waals surface area contributed by atoms with E-state index in [0.29, 0.717) is 12.8 Å². The third-order valence-corrected chi connectivity index (χ3v) is 2.07. The van der Waals surface area contributed by atoms with Gasteiger partial charge < -0.3 is 11.1 Å². The van der Waals surface area contributed by atoms with E-state index >= 15 is 0 Å². The molecule has 1 rings (SSSR count). The van der Waals surface area contributed by atoms with E-state index in [0.717, 1.165) is 0 Å². The summed E-state index contributed by atoms with van der Waals surface area (Å²) in [6.45, 7) is 1.86. The van der Waals surface area contributed by atoms with E-state index in [-0.39, 0.29) is 0 Å². The van der Waals surface area contributed by atoms with Crippen LogP contribution in [0.15, 0.2) is 5.10 Å². The maximum Gasteiger partial charge on any atom is 0.332 e. The minimum Gasteiger partial charge on any atom is -0.350 e. The molecule has 1 heterocycles. The molecule has 1 aliphatic heterocycles. The number of nitrogens with one attached hydrogen (secondary N) is 3. The Morgan fingerprint density at radius 3 is 2.75 bits per heavy atom. The fraction of sp³-hybridized carbons (Fsp3) is 0.500. The molecule has 88 valence electrons. The second kappa shape index (κ2) is 4.60. The van der Waals surface area contributed by atoms with E-state index in [1.165, 1.54) is 6.21 Å². The van der Waals surface area contributed by atoms with Crippen LogP contribution in [0.25, 0.3) is 0 Å². The summed E-state index contributed by atoms with van der Waals surface area (Å²) in [5, 5.41) is 8.06. The molecule has 5 amide bonds. The van der Waals surface area contributed by atoms with Crippen molar-refractivity contribution in [2.24, 2.45) is 10.8 Å². The van der Waals surface area contributed by atoms with Gasteiger partial charge in [0.2, 0.25) is 0 Å². The Labute approximate surface area is 91.6 Å². The minimum atomic E-state index is -1.20. The number of primary amides is 1. The number of carbonyl (C=O) groups excluding carboxylic acids is 3. The highest BCUT2D eigenvalue weighted by Gasteiger charge is 2.44. The summed E-state index contributed by atoms with van der Waals surface area (Å²) >= 11 is 0. The van der Waals surface area contributed by atoms with Crippen LogP contribution in [0.4, 0.5) is 9.59 Å². The van der Waals surface area contributed by atoms with Crippen LogP contribution < -0.4 is 21.8 Å². The standard InChI is InChI=1S/C8H13N5O3/c1-2-3-8(4-10-13-6(9)15)5(14)11-7(16)12-8/h4H,2-3H2,1H3,(H3,9,13,15)(H2,11,12,14,16)/b10-4-/t8-/m0/s1. The Kier molecular flexibility index (Phi) is 3.44. The second-order valence-corrected chi connectivity index (χ2v) is 3.36. The van der Waals surface area contributed by atoms with Gasteiger partial charge in [0, 0.05) is 0 Å². The van der Waals surface area contributed by atoms with E-state index in [1.54, 1.807) is 0 Å². The van der Waals surface area contributed by atoms with E-state index in [1.807, 2.05) is 12.3 Å². The fourth-order valence-electron chi connectivity index (χ4n) is 1.44. The number of rotatable bonds is 4. The number of imide groups is 1. The molecule has 1 aliphatic rings. The molecule has 8 heteroatoms. The van der Waals surface area contributed by atoms with Gasteiger partial charge in [-0.05, 0) is 6.42 Å². The number of hydrazone groups is 1. The summed E-state index contributed by atoms with van der Waals surface area (Å²) in [4.78, 5) is 33.0. The first-order valence-electron chi connectivity index (χ1n) is 4.73. The van der Waals surface area contributed by atoms with Crippen LogP contribution >= 0.6 is 0 Å². The summed E-state index contributed by atoms with van der Waals surface area (Å²) in [7, 11) is 0. The molecule has 16 heavy (non-hydrogen) atoms. The van der Waals surface area contributed by atoms with Crippen LogP contribution in [0.5, 0.6) is 0 Å². The van der Waals surface area contributed by atoms with E-state index in [9.17, 15) is 14.4 Å².